The quantitative estimate of drug-likeness (QED) is 0.735. The first-order valence-electron chi connectivity index (χ1n) is 7.46. The lowest BCUT2D eigenvalue weighted by Crippen LogP contribution is -2.25. The number of hydrogen-bond donors (Lipinski definition) is 1. The summed E-state index contributed by atoms with van der Waals surface area (Å²) in [6.45, 7) is 2.28. The molecule has 0 aliphatic rings. The molecule has 0 amide bonds. The first-order valence-corrected chi connectivity index (χ1v) is 8.65. The largest absolute Gasteiger partial charge is 0.477 e. The maximum atomic E-state index is 13.0. The average Bonchev–Trinajstić information content (AvgIpc) is 2.92. The molecular weight excluding hydrogens is 364 g/mol. The Balaban J connectivity index is 2.32. The minimum atomic E-state index is -1.06. The molecule has 25 heavy (non-hydrogen) atoms. The molecule has 0 bridgehead atoms. The second kappa shape index (κ2) is 6.95. The fraction of sp³-hybridized carbons (Fsp3) is 0.235. The fourth-order valence-corrected chi connectivity index (χ4v) is 3.77. The summed E-state index contributed by atoms with van der Waals surface area (Å²) in [4.78, 5) is 29.5. The lowest BCUT2D eigenvalue weighted by molar-refractivity contribution is 0.0701. The van der Waals surface area contributed by atoms with Crippen molar-refractivity contribution in [1.82, 2.24) is 9.55 Å². The van der Waals surface area contributed by atoms with E-state index in [0.29, 0.717) is 39.8 Å². The Hall–Kier alpha value is -2.22. The molecule has 3 aromatic rings. The van der Waals surface area contributed by atoms with Gasteiger partial charge in [-0.05, 0) is 36.8 Å². The summed E-state index contributed by atoms with van der Waals surface area (Å²) in [5.74, 6) is -0.596. The highest BCUT2D eigenvalue weighted by Gasteiger charge is 2.21. The number of aryl methyl sites for hydroxylation is 1. The Morgan fingerprint density at radius 3 is 2.64 bits per heavy atom. The van der Waals surface area contributed by atoms with Crippen LogP contribution in [0.3, 0.4) is 0 Å². The van der Waals surface area contributed by atoms with Crippen molar-refractivity contribution in [3.8, 4) is 11.4 Å². The Kier molecular flexibility index (Phi) is 4.89. The van der Waals surface area contributed by atoms with E-state index in [1.807, 2.05) is 0 Å². The minimum absolute atomic E-state index is 0.131. The van der Waals surface area contributed by atoms with E-state index in [1.54, 1.807) is 38.3 Å². The van der Waals surface area contributed by atoms with E-state index in [1.165, 1.54) is 4.57 Å². The molecule has 8 heteroatoms. The van der Waals surface area contributed by atoms with Gasteiger partial charge in [-0.1, -0.05) is 11.6 Å². The topological polar surface area (TPSA) is 81.4 Å². The number of rotatable bonds is 5. The van der Waals surface area contributed by atoms with Crippen LogP contribution in [0, 0.1) is 6.92 Å². The summed E-state index contributed by atoms with van der Waals surface area (Å²) in [5.41, 5.74) is 0.898. The second-order valence-corrected chi connectivity index (χ2v) is 6.87. The molecule has 0 aliphatic heterocycles. The standard InChI is InChI=1S/C17H15ClN2O4S/c1-9-12-15(25-13(9)17(22)23)19-14(10-3-5-11(18)6-4-10)20(16(12)21)7-8-24-2/h3-6H,7-8H2,1-2H3,(H,22,23). The molecule has 2 heterocycles. The molecule has 0 fully saturated rings. The number of aromatic nitrogens is 2. The molecule has 0 atom stereocenters. The van der Waals surface area contributed by atoms with E-state index in [2.05, 4.69) is 4.98 Å². The Bertz CT molecular complexity index is 1010. The van der Waals surface area contributed by atoms with E-state index < -0.39 is 5.97 Å². The van der Waals surface area contributed by atoms with E-state index in [4.69, 9.17) is 16.3 Å². The number of thiophene rings is 1. The summed E-state index contributed by atoms with van der Waals surface area (Å²) >= 11 is 6.95. The van der Waals surface area contributed by atoms with Gasteiger partial charge in [-0.15, -0.1) is 11.3 Å². The molecule has 0 radical (unpaired) electrons. The summed E-state index contributed by atoms with van der Waals surface area (Å²) < 4.78 is 6.61. The lowest BCUT2D eigenvalue weighted by Gasteiger charge is -2.12. The van der Waals surface area contributed by atoms with E-state index in [-0.39, 0.29) is 10.4 Å². The van der Waals surface area contributed by atoms with Gasteiger partial charge in [-0.2, -0.15) is 0 Å². The molecule has 1 N–H and O–H groups in total. The molecule has 2 aromatic heterocycles. The van der Waals surface area contributed by atoms with Gasteiger partial charge in [0.15, 0.2) is 0 Å². The molecule has 0 unspecified atom stereocenters. The molecule has 0 saturated carbocycles. The van der Waals surface area contributed by atoms with Crippen molar-refractivity contribution in [3.05, 3.63) is 50.1 Å². The third kappa shape index (κ3) is 3.18. The van der Waals surface area contributed by atoms with Crippen molar-refractivity contribution in [1.29, 1.82) is 0 Å². The van der Waals surface area contributed by atoms with Crippen LogP contribution in [-0.2, 0) is 11.3 Å². The molecule has 130 valence electrons. The summed E-state index contributed by atoms with van der Waals surface area (Å²) in [6.07, 6.45) is 0. The van der Waals surface area contributed by atoms with Gasteiger partial charge in [0.1, 0.15) is 15.5 Å². The second-order valence-electron chi connectivity index (χ2n) is 5.43. The predicted octanol–water partition coefficient (Wildman–Crippen LogP) is 3.43. The van der Waals surface area contributed by atoms with Crippen molar-refractivity contribution >= 4 is 39.1 Å². The zero-order valence-corrected chi connectivity index (χ0v) is 15.1. The number of nitrogens with zero attached hydrogens (tertiary/aromatic N) is 2. The van der Waals surface area contributed by atoms with Crippen molar-refractivity contribution < 1.29 is 14.6 Å². The van der Waals surface area contributed by atoms with Crippen LogP contribution in [-0.4, -0.2) is 34.3 Å². The van der Waals surface area contributed by atoms with Crippen molar-refractivity contribution in [2.45, 2.75) is 13.5 Å². The number of halogens is 1. The molecular formula is C17H15ClN2O4S. The first-order chi connectivity index (χ1) is 11.9. The van der Waals surface area contributed by atoms with Crippen molar-refractivity contribution in [2.75, 3.05) is 13.7 Å². The number of fused-ring (bicyclic) bond motifs is 1. The maximum Gasteiger partial charge on any atom is 0.346 e. The smallest absolute Gasteiger partial charge is 0.346 e. The van der Waals surface area contributed by atoms with Crippen LogP contribution in [0.15, 0.2) is 29.1 Å². The van der Waals surface area contributed by atoms with E-state index in [0.717, 1.165) is 16.9 Å². The Morgan fingerprint density at radius 1 is 1.36 bits per heavy atom. The molecule has 0 spiro atoms. The average molecular weight is 379 g/mol. The van der Waals surface area contributed by atoms with Crippen LogP contribution < -0.4 is 5.56 Å². The van der Waals surface area contributed by atoms with E-state index in [9.17, 15) is 14.7 Å². The summed E-state index contributed by atoms with van der Waals surface area (Å²) in [6, 6.07) is 6.99. The van der Waals surface area contributed by atoms with Gasteiger partial charge in [0.05, 0.1) is 18.5 Å². The Morgan fingerprint density at radius 2 is 2.04 bits per heavy atom. The number of aromatic carboxylic acids is 1. The number of carboxylic acids is 1. The van der Waals surface area contributed by atoms with Gasteiger partial charge >= 0.3 is 5.97 Å². The third-order valence-corrected chi connectivity index (χ3v) is 5.29. The van der Waals surface area contributed by atoms with Gasteiger partial charge in [-0.25, -0.2) is 9.78 Å². The SMILES string of the molecule is COCCn1c(-c2ccc(Cl)cc2)nc2sc(C(=O)O)c(C)c2c1=O. The van der Waals surface area contributed by atoms with Gasteiger partial charge in [-0.3, -0.25) is 9.36 Å². The highest BCUT2D eigenvalue weighted by Crippen LogP contribution is 2.29. The van der Waals surface area contributed by atoms with Crippen molar-refractivity contribution in [3.63, 3.8) is 0 Å². The van der Waals surface area contributed by atoms with Crippen LogP contribution in [0.1, 0.15) is 15.2 Å². The molecule has 0 saturated heterocycles. The minimum Gasteiger partial charge on any atom is -0.477 e. The monoisotopic (exact) mass is 378 g/mol. The number of methoxy groups -OCH3 is 1. The number of ether oxygens (including phenoxy) is 1. The number of carbonyl (C=O) groups is 1. The lowest BCUT2D eigenvalue weighted by atomic mass is 10.1. The number of hydrogen-bond acceptors (Lipinski definition) is 5. The van der Waals surface area contributed by atoms with Crippen LogP contribution in [0.25, 0.3) is 21.6 Å². The zero-order chi connectivity index (χ0) is 18.1. The van der Waals surface area contributed by atoms with Gasteiger partial charge in [0, 0.05) is 17.7 Å². The summed E-state index contributed by atoms with van der Waals surface area (Å²) in [5, 5.41) is 10.2. The Labute approximate surface area is 152 Å². The van der Waals surface area contributed by atoms with Crippen molar-refractivity contribution in [2.24, 2.45) is 0 Å². The molecule has 6 nitrogen and oxygen atoms in total. The van der Waals surface area contributed by atoms with Crippen LogP contribution >= 0.6 is 22.9 Å². The van der Waals surface area contributed by atoms with Gasteiger partial charge < -0.3 is 9.84 Å². The number of benzene rings is 1. The first kappa shape index (κ1) is 17.6. The number of carboxylic acid groups (broad SMARTS) is 1. The van der Waals surface area contributed by atoms with Crippen LogP contribution in [0.5, 0.6) is 0 Å². The zero-order valence-electron chi connectivity index (χ0n) is 13.6. The maximum absolute atomic E-state index is 13.0. The molecule has 0 aliphatic carbocycles. The molecule has 3 rings (SSSR count). The summed E-state index contributed by atoms with van der Waals surface area (Å²) in [7, 11) is 1.55. The van der Waals surface area contributed by atoms with Crippen LogP contribution in [0.4, 0.5) is 0 Å². The van der Waals surface area contributed by atoms with Crippen LogP contribution in [0.2, 0.25) is 5.02 Å². The normalized spacial score (nSPS) is 11.2. The highest BCUT2D eigenvalue weighted by molar-refractivity contribution is 7.20. The highest BCUT2D eigenvalue weighted by atomic mass is 35.5. The predicted molar refractivity (Wildman–Crippen MR) is 97.9 cm³/mol. The fourth-order valence-electron chi connectivity index (χ4n) is 2.63. The van der Waals surface area contributed by atoms with E-state index >= 15 is 0 Å². The third-order valence-electron chi connectivity index (χ3n) is 3.87. The van der Waals surface area contributed by atoms with Gasteiger partial charge in [0.2, 0.25) is 0 Å². The van der Waals surface area contributed by atoms with Gasteiger partial charge in [0.25, 0.3) is 5.56 Å². The molecule has 1 aromatic carbocycles.